The summed E-state index contributed by atoms with van der Waals surface area (Å²) in [5.74, 6) is 3.67. The van der Waals surface area contributed by atoms with Crippen molar-refractivity contribution in [3.8, 4) is 0 Å². The van der Waals surface area contributed by atoms with Crippen LogP contribution < -0.4 is 11.1 Å². The molecule has 0 spiro atoms. The number of pyridine rings is 1. The van der Waals surface area contributed by atoms with Crippen LogP contribution in [-0.4, -0.2) is 11.5 Å². The molecular weight excluding hydrogens is 198 g/mol. The molecule has 0 amide bonds. The van der Waals surface area contributed by atoms with Crippen molar-refractivity contribution >= 4 is 11.5 Å². The second-order valence-corrected chi connectivity index (χ2v) is 5.26. The van der Waals surface area contributed by atoms with E-state index < -0.39 is 0 Å². The highest BCUT2D eigenvalue weighted by molar-refractivity contribution is 5.60. The van der Waals surface area contributed by atoms with E-state index in [1.165, 1.54) is 25.7 Å². The number of nitrogens with two attached hydrogens (primary N) is 1. The van der Waals surface area contributed by atoms with Crippen LogP contribution in [-0.2, 0) is 0 Å². The largest absolute Gasteiger partial charge is 0.396 e. The fraction of sp³-hybridized carbons (Fsp3) is 0.615. The van der Waals surface area contributed by atoms with E-state index >= 15 is 0 Å². The Balaban J connectivity index is 1.59. The van der Waals surface area contributed by atoms with Gasteiger partial charge >= 0.3 is 0 Å². The van der Waals surface area contributed by atoms with Gasteiger partial charge in [0.1, 0.15) is 5.82 Å². The van der Waals surface area contributed by atoms with Gasteiger partial charge in [-0.2, -0.15) is 0 Å². The molecule has 3 rings (SSSR count). The van der Waals surface area contributed by atoms with Gasteiger partial charge in [0, 0.05) is 12.7 Å². The second kappa shape index (κ2) is 3.96. The Labute approximate surface area is 96.4 Å². The lowest BCUT2D eigenvalue weighted by Crippen LogP contribution is -2.20. The maximum atomic E-state index is 5.86. The van der Waals surface area contributed by atoms with Crippen molar-refractivity contribution in [2.45, 2.75) is 25.7 Å². The minimum absolute atomic E-state index is 0.755. The normalized spacial score (nSPS) is 31.9. The van der Waals surface area contributed by atoms with Gasteiger partial charge < -0.3 is 11.1 Å². The first kappa shape index (κ1) is 9.94. The van der Waals surface area contributed by atoms with Crippen LogP contribution in [0.15, 0.2) is 18.3 Å². The number of hydrogen-bond donors (Lipinski definition) is 2. The SMILES string of the molecule is Nc1cccnc1NCC1CC2CCC1C2. The van der Waals surface area contributed by atoms with E-state index in [1.807, 2.05) is 12.1 Å². The zero-order chi connectivity index (χ0) is 11.0. The molecule has 2 bridgehead atoms. The summed E-state index contributed by atoms with van der Waals surface area (Å²) in [4.78, 5) is 4.27. The Bertz CT molecular complexity index is 377. The van der Waals surface area contributed by atoms with Crippen LogP contribution in [0.5, 0.6) is 0 Å². The number of anilines is 2. The molecule has 2 aliphatic rings. The van der Waals surface area contributed by atoms with Crippen molar-refractivity contribution in [1.29, 1.82) is 0 Å². The average molecular weight is 217 g/mol. The first-order chi connectivity index (χ1) is 7.83. The van der Waals surface area contributed by atoms with Crippen LogP contribution in [0.25, 0.3) is 0 Å². The molecule has 86 valence electrons. The molecule has 3 heteroatoms. The van der Waals surface area contributed by atoms with E-state index in [0.717, 1.165) is 35.8 Å². The third kappa shape index (κ3) is 1.75. The zero-order valence-corrected chi connectivity index (χ0v) is 9.52. The predicted molar refractivity (Wildman–Crippen MR) is 66.1 cm³/mol. The summed E-state index contributed by atoms with van der Waals surface area (Å²) >= 11 is 0. The molecule has 3 N–H and O–H groups in total. The predicted octanol–water partition coefficient (Wildman–Crippen LogP) is 2.51. The molecule has 2 saturated carbocycles. The van der Waals surface area contributed by atoms with Crippen LogP contribution in [0.4, 0.5) is 11.5 Å². The fourth-order valence-corrected chi connectivity index (χ4v) is 3.42. The highest BCUT2D eigenvalue weighted by atomic mass is 15.0. The molecule has 3 atom stereocenters. The summed E-state index contributed by atoms with van der Waals surface area (Å²) in [5, 5.41) is 3.40. The van der Waals surface area contributed by atoms with Crippen LogP contribution in [0.2, 0.25) is 0 Å². The van der Waals surface area contributed by atoms with Crippen molar-refractivity contribution in [2.24, 2.45) is 17.8 Å². The first-order valence-electron chi connectivity index (χ1n) is 6.27. The molecule has 3 nitrogen and oxygen atoms in total. The van der Waals surface area contributed by atoms with E-state index in [9.17, 15) is 0 Å². The lowest BCUT2D eigenvalue weighted by Gasteiger charge is -2.22. The van der Waals surface area contributed by atoms with E-state index in [1.54, 1.807) is 6.20 Å². The molecule has 0 saturated heterocycles. The summed E-state index contributed by atoms with van der Waals surface area (Å²) in [6, 6.07) is 3.77. The topological polar surface area (TPSA) is 50.9 Å². The van der Waals surface area contributed by atoms with E-state index in [-0.39, 0.29) is 0 Å². The van der Waals surface area contributed by atoms with E-state index in [2.05, 4.69) is 10.3 Å². The molecule has 2 aliphatic carbocycles. The van der Waals surface area contributed by atoms with Gasteiger partial charge in [-0.25, -0.2) is 4.98 Å². The molecule has 16 heavy (non-hydrogen) atoms. The standard InChI is InChI=1S/C13H19N3/c14-12-2-1-5-15-13(12)16-8-11-7-9-3-4-10(11)6-9/h1-2,5,9-11H,3-4,6-8,14H2,(H,15,16). The minimum atomic E-state index is 0.755. The van der Waals surface area contributed by atoms with Crippen molar-refractivity contribution in [3.63, 3.8) is 0 Å². The Morgan fingerprint density at radius 3 is 3.00 bits per heavy atom. The number of nitrogens with one attached hydrogen (secondary N) is 1. The van der Waals surface area contributed by atoms with Gasteiger partial charge in [0.15, 0.2) is 0 Å². The molecule has 0 aromatic carbocycles. The number of hydrogen-bond acceptors (Lipinski definition) is 3. The van der Waals surface area contributed by atoms with Gasteiger partial charge in [0.05, 0.1) is 5.69 Å². The number of nitrogens with zero attached hydrogens (tertiary/aromatic N) is 1. The zero-order valence-electron chi connectivity index (χ0n) is 9.52. The summed E-state index contributed by atoms with van der Waals surface area (Å²) in [6.07, 6.45) is 7.57. The van der Waals surface area contributed by atoms with Crippen molar-refractivity contribution < 1.29 is 0 Å². The van der Waals surface area contributed by atoms with Gasteiger partial charge in [0.25, 0.3) is 0 Å². The first-order valence-corrected chi connectivity index (χ1v) is 6.27. The van der Waals surface area contributed by atoms with Gasteiger partial charge in [-0.15, -0.1) is 0 Å². The highest BCUT2D eigenvalue weighted by Gasteiger charge is 2.39. The Kier molecular flexibility index (Phi) is 2.46. The van der Waals surface area contributed by atoms with E-state index in [4.69, 9.17) is 5.73 Å². The van der Waals surface area contributed by atoms with Crippen molar-refractivity contribution in [3.05, 3.63) is 18.3 Å². The van der Waals surface area contributed by atoms with Gasteiger partial charge in [-0.3, -0.25) is 0 Å². The van der Waals surface area contributed by atoms with Crippen LogP contribution in [0, 0.1) is 17.8 Å². The quantitative estimate of drug-likeness (QED) is 0.818. The lowest BCUT2D eigenvalue weighted by molar-refractivity contribution is 0.348. The summed E-state index contributed by atoms with van der Waals surface area (Å²) in [6.45, 7) is 1.04. The van der Waals surface area contributed by atoms with Crippen LogP contribution in [0.3, 0.4) is 0 Å². The maximum Gasteiger partial charge on any atom is 0.149 e. The monoisotopic (exact) mass is 217 g/mol. The fourth-order valence-electron chi connectivity index (χ4n) is 3.42. The molecule has 0 aliphatic heterocycles. The minimum Gasteiger partial charge on any atom is -0.396 e. The third-order valence-electron chi connectivity index (χ3n) is 4.26. The smallest absolute Gasteiger partial charge is 0.149 e. The number of aromatic nitrogens is 1. The Morgan fingerprint density at radius 2 is 2.31 bits per heavy atom. The summed E-state index contributed by atoms with van der Waals surface area (Å²) < 4.78 is 0. The summed E-state index contributed by atoms with van der Waals surface area (Å²) in [7, 11) is 0. The number of nitrogen functional groups attached to an aromatic ring is 1. The molecule has 3 unspecified atom stereocenters. The lowest BCUT2D eigenvalue weighted by atomic mass is 9.89. The Hall–Kier alpha value is -1.25. The molecule has 1 aromatic heterocycles. The van der Waals surface area contributed by atoms with Gasteiger partial charge in [-0.05, 0) is 49.1 Å². The highest BCUT2D eigenvalue weighted by Crippen LogP contribution is 2.48. The Morgan fingerprint density at radius 1 is 1.38 bits per heavy atom. The average Bonchev–Trinajstić information content (AvgIpc) is 2.90. The number of fused-ring (bicyclic) bond motifs is 2. The van der Waals surface area contributed by atoms with Crippen LogP contribution in [0.1, 0.15) is 25.7 Å². The molecule has 0 radical (unpaired) electrons. The van der Waals surface area contributed by atoms with Gasteiger partial charge in [0.2, 0.25) is 0 Å². The van der Waals surface area contributed by atoms with Crippen molar-refractivity contribution in [2.75, 3.05) is 17.6 Å². The third-order valence-corrected chi connectivity index (χ3v) is 4.26. The molecule has 1 aromatic rings. The summed E-state index contributed by atoms with van der Waals surface area (Å²) in [5.41, 5.74) is 6.61. The maximum absolute atomic E-state index is 5.86. The van der Waals surface area contributed by atoms with E-state index in [0.29, 0.717) is 0 Å². The number of rotatable bonds is 3. The molecular formula is C13H19N3. The van der Waals surface area contributed by atoms with Crippen molar-refractivity contribution in [1.82, 2.24) is 4.98 Å². The van der Waals surface area contributed by atoms with Gasteiger partial charge in [-0.1, -0.05) is 6.42 Å². The second-order valence-electron chi connectivity index (χ2n) is 5.26. The molecule has 1 heterocycles. The molecule has 2 fully saturated rings. The van der Waals surface area contributed by atoms with Crippen LogP contribution >= 0.6 is 0 Å².